The molecule has 0 atom stereocenters. The molecule has 1 aromatic heterocycles. The number of nitrogens with zero attached hydrogens (tertiary/aromatic N) is 3. The highest BCUT2D eigenvalue weighted by atomic mass is 35.5. The maximum Gasteiger partial charge on any atom is 0.244 e. The summed E-state index contributed by atoms with van der Waals surface area (Å²) in [6.45, 7) is 5.76. The molecule has 1 aliphatic heterocycles. The Bertz CT molecular complexity index is 888. The van der Waals surface area contributed by atoms with Gasteiger partial charge in [0.15, 0.2) is 0 Å². The molecule has 26 heavy (non-hydrogen) atoms. The molecule has 5 nitrogen and oxygen atoms in total. The standard InChI is InChI=1S/C18H23Cl2N3O2S/c1-3-18-21-6-9-22(18)12-14-4-7-23(8-5-14)26(24,25)17-10-13(2)15(19)11-16(17)20/h6,9-11,14H,3-5,7-8,12H2,1-2H3. The summed E-state index contributed by atoms with van der Waals surface area (Å²) in [6, 6.07) is 3.06. The molecule has 3 rings (SSSR count). The van der Waals surface area contributed by atoms with Crippen molar-refractivity contribution in [3.8, 4) is 0 Å². The van der Waals surface area contributed by atoms with Crippen LogP contribution in [0.1, 0.15) is 31.2 Å². The first kappa shape index (κ1) is 19.7. The van der Waals surface area contributed by atoms with Crippen molar-refractivity contribution < 1.29 is 8.42 Å². The van der Waals surface area contributed by atoms with Gasteiger partial charge in [-0.15, -0.1) is 0 Å². The van der Waals surface area contributed by atoms with Gasteiger partial charge in [0, 0.05) is 43.5 Å². The fourth-order valence-electron chi connectivity index (χ4n) is 3.40. The lowest BCUT2D eigenvalue weighted by molar-refractivity contribution is 0.251. The van der Waals surface area contributed by atoms with Crippen LogP contribution in [0.15, 0.2) is 29.4 Å². The summed E-state index contributed by atoms with van der Waals surface area (Å²) >= 11 is 12.2. The normalized spacial score (nSPS) is 16.9. The molecule has 2 heterocycles. The third-order valence-electron chi connectivity index (χ3n) is 4.98. The van der Waals surface area contributed by atoms with E-state index in [0.29, 0.717) is 29.6 Å². The summed E-state index contributed by atoms with van der Waals surface area (Å²) in [5, 5.41) is 0.647. The van der Waals surface area contributed by atoms with Gasteiger partial charge >= 0.3 is 0 Å². The lowest BCUT2D eigenvalue weighted by atomic mass is 9.98. The second kappa shape index (κ2) is 7.89. The number of hydrogen-bond acceptors (Lipinski definition) is 3. The highest BCUT2D eigenvalue weighted by molar-refractivity contribution is 7.89. The maximum absolute atomic E-state index is 13.0. The topological polar surface area (TPSA) is 55.2 Å². The number of halogens is 2. The fourth-order valence-corrected chi connectivity index (χ4v) is 5.67. The van der Waals surface area contributed by atoms with Gasteiger partial charge in [-0.25, -0.2) is 13.4 Å². The Kier molecular flexibility index (Phi) is 5.97. The van der Waals surface area contributed by atoms with Gasteiger partial charge in [-0.05, 0) is 43.4 Å². The number of rotatable bonds is 5. The van der Waals surface area contributed by atoms with Crippen LogP contribution in [-0.4, -0.2) is 35.4 Å². The molecular formula is C18H23Cl2N3O2S. The first-order valence-electron chi connectivity index (χ1n) is 8.78. The SMILES string of the molecule is CCc1nccn1CC1CCN(S(=O)(=O)c2cc(C)c(Cl)cc2Cl)CC1. The zero-order chi connectivity index (χ0) is 18.9. The van der Waals surface area contributed by atoms with Crippen molar-refractivity contribution in [2.75, 3.05) is 13.1 Å². The van der Waals surface area contributed by atoms with Gasteiger partial charge in [0.1, 0.15) is 10.7 Å². The summed E-state index contributed by atoms with van der Waals surface area (Å²) in [7, 11) is -3.61. The molecule has 0 spiro atoms. The van der Waals surface area contributed by atoms with Crippen molar-refractivity contribution >= 4 is 33.2 Å². The van der Waals surface area contributed by atoms with E-state index in [-0.39, 0.29) is 9.92 Å². The van der Waals surface area contributed by atoms with E-state index in [9.17, 15) is 8.42 Å². The zero-order valence-electron chi connectivity index (χ0n) is 15.0. The van der Waals surface area contributed by atoms with E-state index in [4.69, 9.17) is 23.2 Å². The molecule has 2 aromatic rings. The van der Waals surface area contributed by atoms with Crippen LogP contribution in [0.4, 0.5) is 0 Å². The zero-order valence-corrected chi connectivity index (χ0v) is 17.3. The van der Waals surface area contributed by atoms with Gasteiger partial charge < -0.3 is 4.57 Å². The van der Waals surface area contributed by atoms with Crippen molar-refractivity contribution in [3.05, 3.63) is 46.0 Å². The molecule has 0 aliphatic carbocycles. The molecule has 8 heteroatoms. The van der Waals surface area contributed by atoms with Gasteiger partial charge in [-0.2, -0.15) is 4.31 Å². The smallest absolute Gasteiger partial charge is 0.244 e. The number of hydrogen-bond donors (Lipinski definition) is 0. The first-order chi connectivity index (χ1) is 12.3. The van der Waals surface area contributed by atoms with Crippen LogP contribution in [-0.2, 0) is 23.0 Å². The summed E-state index contributed by atoms with van der Waals surface area (Å²) in [6.07, 6.45) is 6.37. The van der Waals surface area contributed by atoms with Crippen LogP contribution in [0.25, 0.3) is 0 Å². The van der Waals surface area contributed by atoms with Gasteiger partial charge in [-0.1, -0.05) is 30.1 Å². The van der Waals surface area contributed by atoms with Gasteiger partial charge in [0.25, 0.3) is 0 Å². The quantitative estimate of drug-likeness (QED) is 0.736. The molecule has 0 N–H and O–H groups in total. The Morgan fingerprint density at radius 3 is 2.54 bits per heavy atom. The fraction of sp³-hybridized carbons (Fsp3) is 0.500. The number of aromatic nitrogens is 2. The van der Waals surface area contributed by atoms with Crippen LogP contribution in [0, 0.1) is 12.8 Å². The summed E-state index contributed by atoms with van der Waals surface area (Å²) in [5.41, 5.74) is 0.705. The molecule has 1 aromatic carbocycles. The van der Waals surface area contributed by atoms with E-state index in [1.807, 2.05) is 12.4 Å². The Morgan fingerprint density at radius 2 is 1.88 bits per heavy atom. The summed E-state index contributed by atoms with van der Waals surface area (Å²) < 4.78 is 29.7. The second-order valence-electron chi connectivity index (χ2n) is 6.73. The van der Waals surface area contributed by atoms with E-state index in [0.717, 1.165) is 31.6 Å². The number of aryl methyl sites for hydroxylation is 2. The van der Waals surface area contributed by atoms with Crippen LogP contribution in [0.2, 0.25) is 10.0 Å². The molecule has 0 radical (unpaired) electrons. The minimum atomic E-state index is -3.61. The van der Waals surface area contributed by atoms with E-state index < -0.39 is 10.0 Å². The average Bonchev–Trinajstić information content (AvgIpc) is 3.05. The molecule has 1 saturated heterocycles. The van der Waals surface area contributed by atoms with Crippen molar-refractivity contribution in [3.63, 3.8) is 0 Å². The molecule has 0 saturated carbocycles. The van der Waals surface area contributed by atoms with Crippen LogP contribution in [0.5, 0.6) is 0 Å². The molecule has 0 unspecified atom stereocenters. The Hall–Kier alpha value is -1.08. The molecule has 1 aliphatic rings. The predicted molar refractivity (Wildman–Crippen MR) is 104 cm³/mol. The predicted octanol–water partition coefficient (Wildman–Crippen LogP) is 4.16. The number of imidazole rings is 1. The number of sulfonamides is 1. The molecule has 0 amide bonds. The van der Waals surface area contributed by atoms with Crippen LogP contribution < -0.4 is 0 Å². The van der Waals surface area contributed by atoms with E-state index in [2.05, 4.69) is 16.5 Å². The minimum absolute atomic E-state index is 0.141. The van der Waals surface area contributed by atoms with Gasteiger partial charge in [0.2, 0.25) is 10.0 Å². The highest BCUT2D eigenvalue weighted by Crippen LogP contribution is 2.32. The van der Waals surface area contributed by atoms with Gasteiger partial charge in [-0.3, -0.25) is 0 Å². The van der Waals surface area contributed by atoms with Crippen molar-refractivity contribution in [1.29, 1.82) is 0 Å². The first-order valence-corrected chi connectivity index (χ1v) is 11.0. The Balaban J connectivity index is 1.70. The second-order valence-corrected chi connectivity index (χ2v) is 9.45. The van der Waals surface area contributed by atoms with Crippen molar-refractivity contribution in [2.24, 2.45) is 5.92 Å². The minimum Gasteiger partial charge on any atom is -0.335 e. The molecule has 1 fully saturated rings. The van der Waals surface area contributed by atoms with Gasteiger partial charge in [0.05, 0.1) is 5.02 Å². The molecule has 0 bridgehead atoms. The summed E-state index contributed by atoms with van der Waals surface area (Å²) in [4.78, 5) is 4.49. The van der Waals surface area contributed by atoms with Crippen LogP contribution >= 0.6 is 23.2 Å². The molecule has 142 valence electrons. The average molecular weight is 416 g/mol. The number of benzene rings is 1. The Morgan fingerprint density at radius 1 is 1.19 bits per heavy atom. The van der Waals surface area contributed by atoms with Crippen LogP contribution in [0.3, 0.4) is 0 Å². The van der Waals surface area contributed by atoms with E-state index in [1.54, 1.807) is 13.0 Å². The number of piperidine rings is 1. The van der Waals surface area contributed by atoms with Crippen molar-refractivity contribution in [1.82, 2.24) is 13.9 Å². The monoisotopic (exact) mass is 415 g/mol. The van der Waals surface area contributed by atoms with E-state index in [1.165, 1.54) is 10.4 Å². The highest BCUT2D eigenvalue weighted by Gasteiger charge is 2.31. The third kappa shape index (κ3) is 3.93. The lowest BCUT2D eigenvalue weighted by Crippen LogP contribution is -2.39. The Labute approximate surface area is 165 Å². The largest absolute Gasteiger partial charge is 0.335 e. The summed E-state index contributed by atoms with van der Waals surface area (Å²) in [5.74, 6) is 1.52. The van der Waals surface area contributed by atoms with E-state index >= 15 is 0 Å². The molecular weight excluding hydrogens is 393 g/mol. The lowest BCUT2D eigenvalue weighted by Gasteiger charge is -2.32. The maximum atomic E-state index is 13.0. The third-order valence-corrected chi connectivity index (χ3v) is 7.75. The van der Waals surface area contributed by atoms with Crippen molar-refractivity contribution in [2.45, 2.75) is 44.6 Å².